The molecule has 6 heteroatoms. The molecule has 106 valence electrons. The van der Waals surface area contributed by atoms with Gasteiger partial charge in [0.05, 0.1) is 5.02 Å². The van der Waals surface area contributed by atoms with Gasteiger partial charge in [-0.2, -0.15) is 0 Å². The Morgan fingerprint density at radius 3 is 2.58 bits per heavy atom. The van der Waals surface area contributed by atoms with Gasteiger partial charge in [-0.1, -0.05) is 23.7 Å². The standard InChI is InChI=1S/C13H18ClNO3S/c1-15(10-11-6-8-18-9-7-11)19(16,17)13-5-3-2-4-12(13)14/h2-5,11H,6-10H2,1H3. The summed E-state index contributed by atoms with van der Waals surface area (Å²) >= 11 is 5.97. The summed E-state index contributed by atoms with van der Waals surface area (Å²) in [6, 6.07) is 6.54. The largest absolute Gasteiger partial charge is 0.381 e. The monoisotopic (exact) mass is 303 g/mol. The predicted octanol–water partition coefficient (Wildman–Crippen LogP) is 2.39. The predicted molar refractivity (Wildman–Crippen MR) is 74.8 cm³/mol. The average molecular weight is 304 g/mol. The minimum absolute atomic E-state index is 0.172. The van der Waals surface area contributed by atoms with Crippen LogP contribution in [0.3, 0.4) is 0 Å². The molecule has 1 saturated heterocycles. The van der Waals surface area contributed by atoms with Crippen molar-refractivity contribution in [1.29, 1.82) is 0 Å². The topological polar surface area (TPSA) is 46.6 Å². The van der Waals surface area contributed by atoms with E-state index in [2.05, 4.69) is 0 Å². The zero-order chi connectivity index (χ0) is 13.9. The van der Waals surface area contributed by atoms with Gasteiger partial charge in [-0.3, -0.25) is 0 Å². The van der Waals surface area contributed by atoms with Gasteiger partial charge < -0.3 is 4.74 Å². The van der Waals surface area contributed by atoms with E-state index < -0.39 is 10.0 Å². The minimum atomic E-state index is -3.51. The van der Waals surface area contributed by atoms with Crippen LogP contribution in [0.4, 0.5) is 0 Å². The van der Waals surface area contributed by atoms with Crippen LogP contribution >= 0.6 is 11.6 Å². The summed E-state index contributed by atoms with van der Waals surface area (Å²) in [5.74, 6) is 0.357. The third kappa shape index (κ3) is 3.48. The molecule has 2 rings (SSSR count). The van der Waals surface area contributed by atoms with Crippen LogP contribution in [0.2, 0.25) is 5.02 Å². The molecule has 1 aliphatic rings. The minimum Gasteiger partial charge on any atom is -0.381 e. The van der Waals surface area contributed by atoms with E-state index in [1.54, 1.807) is 25.2 Å². The third-order valence-corrected chi connectivity index (χ3v) is 5.70. The van der Waals surface area contributed by atoms with Gasteiger partial charge in [0.15, 0.2) is 0 Å². The van der Waals surface area contributed by atoms with Gasteiger partial charge in [-0.05, 0) is 30.9 Å². The molecule has 0 saturated carbocycles. The van der Waals surface area contributed by atoms with E-state index in [0.29, 0.717) is 25.7 Å². The second-order valence-corrected chi connectivity index (χ2v) is 7.19. The number of benzene rings is 1. The lowest BCUT2D eigenvalue weighted by molar-refractivity contribution is 0.0620. The van der Waals surface area contributed by atoms with Gasteiger partial charge in [0, 0.05) is 26.8 Å². The Morgan fingerprint density at radius 1 is 1.32 bits per heavy atom. The first kappa shape index (κ1) is 14.8. The summed E-state index contributed by atoms with van der Waals surface area (Å²) in [6.45, 7) is 1.94. The Balaban J connectivity index is 2.13. The number of hydrogen-bond donors (Lipinski definition) is 0. The van der Waals surface area contributed by atoms with Crippen molar-refractivity contribution < 1.29 is 13.2 Å². The highest BCUT2D eigenvalue weighted by molar-refractivity contribution is 7.89. The zero-order valence-corrected chi connectivity index (χ0v) is 12.5. The summed E-state index contributed by atoms with van der Waals surface area (Å²) in [6.07, 6.45) is 1.81. The van der Waals surface area contributed by atoms with Crippen molar-refractivity contribution in [2.24, 2.45) is 5.92 Å². The summed E-state index contributed by atoms with van der Waals surface area (Å²) in [4.78, 5) is 0.172. The van der Waals surface area contributed by atoms with E-state index in [1.807, 2.05) is 0 Å². The normalized spacial score (nSPS) is 17.8. The molecule has 1 aliphatic heterocycles. The fourth-order valence-electron chi connectivity index (χ4n) is 2.21. The number of rotatable bonds is 4. The molecular formula is C13H18ClNO3S. The highest BCUT2D eigenvalue weighted by Gasteiger charge is 2.26. The van der Waals surface area contributed by atoms with E-state index in [1.165, 1.54) is 10.4 Å². The second-order valence-electron chi connectivity index (χ2n) is 4.77. The van der Waals surface area contributed by atoms with Gasteiger partial charge >= 0.3 is 0 Å². The zero-order valence-electron chi connectivity index (χ0n) is 10.9. The quantitative estimate of drug-likeness (QED) is 0.858. The van der Waals surface area contributed by atoms with Crippen molar-refractivity contribution in [3.05, 3.63) is 29.3 Å². The molecule has 4 nitrogen and oxygen atoms in total. The molecule has 0 unspecified atom stereocenters. The van der Waals surface area contributed by atoms with Crippen molar-refractivity contribution in [3.8, 4) is 0 Å². The maximum Gasteiger partial charge on any atom is 0.244 e. The maximum atomic E-state index is 12.4. The Kier molecular flexibility index (Phi) is 4.84. The molecule has 0 spiro atoms. The highest BCUT2D eigenvalue weighted by atomic mass is 35.5. The van der Waals surface area contributed by atoms with Crippen molar-refractivity contribution >= 4 is 21.6 Å². The van der Waals surface area contributed by atoms with Crippen LogP contribution in [0, 0.1) is 5.92 Å². The number of sulfonamides is 1. The second kappa shape index (κ2) is 6.22. The van der Waals surface area contributed by atoms with Crippen LogP contribution in [-0.4, -0.2) is 39.5 Å². The Labute approximate surface area is 119 Å². The molecule has 0 aliphatic carbocycles. The number of ether oxygens (including phenoxy) is 1. The van der Waals surface area contributed by atoms with E-state index in [-0.39, 0.29) is 9.92 Å². The first-order chi connectivity index (χ1) is 9.01. The van der Waals surface area contributed by atoms with Crippen molar-refractivity contribution in [1.82, 2.24) is 4.31 Å². The van der Waals surface area contributed by atoms with Crippen molar-refractivity contribution in [2.45, 2.75) is 17.7 Å². The maximum absolute atomic E-state index is 12.4. The molecular weight excluding hydrogens is 286 g/mol. The van der Waals surface area contributed by atoms with Crippen molar-refractivity contribution in [3.63, 3.8) is 0 Å². The molecule has 0 amide bonds. The molecule has 1 aromatic carbocycles. The lowest BCUT2D eigenvalue weighted by Crippen LogP contribution is -2.34. The van der Waals surface area contributed by atoms with Gasteiger partial charge in [0.2, 0.25) is 10.0 Å². The molecule has 0 atom stereocenters. The summed E-state index contributed by atoms with van der Waals surface area (Å²) in [5, 5.41) is 0.265. The van der Waals surface area contributed by atoms with E-state index in [4.69, 9.17) is 16.3 Å². The lowest BCUT2D eigenvalue weighted by atomic mass is 10.0. The van der Waals surface area contributed by atoms with Gasteiger partial charge in [-0.25, -0.2) is 12.7 Å². The van der Waals surface area contributed by atoms with Crippen LogP contribution < -0.4 is 0 Å². The fourth-order valence-corrected chi connectivity index (χ4v) is 3.95. The fraction of sp³-hybridized carbons (Fsp3) is 0.538. The first-order valence-electron chi connectivity index (χ1n) is 6.30. The Morgan fingerprint density at radius 2 is 1.95 bits per heavy atom. The molecule has 19 heavy (non-hydrogen) atoms. The molecule has 1 aromatic rings. The molecule has 0 bridgehead atoms. The Bertz CT molecular complexity index is 526. The SMILES string of the molecule is CN(CC1CCOCC1)S(=O)(=O)c1ccccc1Cl. The van der Waals surface area contributed by atoms with E-state index >= 15 is 0 Å². The first-order valence-corrected chi connectivity index (χ1v) is 8.12. The third-order valence-electron chi connectivity index (χ3n) is 3.38. The molecule has 1 heterocycles. The number of halogens is 1. The van der Waals surface area contributed by atoms with Gasteiger partial charge in [0.1, 0.15) is 4.90 Å². The van der Waals surface area contributed by atoms with Crippen LogP contribution in [-0.2, 0) is 14.8 Å². The lowest BCUT2D eigenvalue weighted by Gasteiger charge is -2.26. The van der Waals surface area contributed by atoms with Crippen molar-refractivity contribution in [2.75, 3.05) is 26.8 Å². The smallest absolute Gasteiger partial charge is 0.244 e. The molecule has 0 radical (unpaired) electrons. The molecule has 0 aromatic heterocycles. The van der Waals surface area contributed by atoms with E-state index in [9.17, 15) is 8.42 Å². The van der Waals surface area contributed by atoms with Gasteiger partial charge in [-0.15, -0.1) is 0 Å². The van der Waals surface area contributed by atoms with Crippen LogP contribution in [0.25, 0.3) is 0 Å². The van der Waals surface area contributed by atoms with Crippen LogP contribution in [0.1, 0.15) is 12.8 Å². The van der Waals surface area contributed by atoms with Gasteiger partial charge in [0.25, 0.3) is 0 Å². The number of nitrogens with zero attached hydrogens (tertiary/aromatic N) is 1. The number of hydrogen-bond acceptors (Lipinski definition) is 3. The molecule has 1 fully saturated rings. The average Bonchev–Trinajstić information content (AvgIpc) is 2.40. The highest BCUT2D eigenvalue weighted by Crippen LogP contribution is 2.25. The Hall–Kier alpha value is -0.620. The van der Waals surface area contributed by atoms with Crippen LogP contribution in [0.15, 0.2) is 29.2 Å². The summed E-state index contributed by atoms with van der Waals surface area (Å²) < 4.78 is 31.5. The summed E-state index contributed by atoms with van der Waals surface area (Å²) in [5.41, 5.74) is 0. The molecule has 0 N–H and O–H groups in total. The summed E-state index contributed by atoms with van der Waals surface area (Å²) in [7, 11) is -1.90. The van der Waals surface area contributed by atoms with Crippen LogP contribution in [0.5, 0.6) is 0 Å². The van der Waals surface area contributed by atoms with E-state index in [0.717, 1.165) is 12.8 Å².